The van der Waals surface area contributed by atoms with Gasteiger partial charge in [0.2, 0.25) is 11.8 Å². The van der Waals surface area contributed by atoms with Crippen molar-refractivity contribution in [1.82, 2.24) is 19.9 Å². The Morgan fingerprint density at radius 2 is 2.10 bits per heavy atom. The molecule has 0 aliphatic rings. The van der Waals surface area contributed by atoms with Crippen LogP contribution < -0.4 is 10.5 Å². The number of nitrogens with one attached hydrogen (secondary N) is 1. The van der Waals surface area contributed by atoms with E-state index in [0.29, 0.717) is 11.7 Å². The number of imidazole rings is 1. The Morgan fingerprint density at radius 1 is 1.29 bits per heavy atom. The van der Waals surface area contributed by atoms with Gasteiger partial charge in [-0.2, -0.15) is 4.98 Å². The lowest BCUT2D eigenvalue weighted by Gasteiger charge is -2.09. The van der Waals surface area contributed by atoms with Crippen molar-refractivity contribution in [3.8, 4) is 5.88 Å². The molecule has 2 heterocycles. The number of carbonyl (C=O) groups is 1. The Morgan fingerprint density at radius 3 is 2.81 bits per heavy atom. The molecule has 0 fully saturated rings. The van der Waals surface area contributed by atoms with Crippen molar-refractivity contribution in [1.29, 1.82) is 0 Å². The van der Waals surface area contributed by atoms with Crippen molar-refractivity contribution < 1.29 is 9.53 Å². The molecule has 7 heteroatoms. The Hall–Kier alpha value is -2.96. The lowest BCUT2D eigenvalue weighted by atomic mass is 10.1. The number of benzene rings is 1. The van der Waals surface area contributed by atoms with E-state index in [1.165, 1.54) is 13.3 Å². The summed E-state index contributed by atoms with van der Waals surface area (Å²) in [5.74, 6) is -0.407. The molecule has 1 atom stereocenters. The van der Waals surface area contributed by atoms with Gasteiger partial charge in [0, 0.05) is 12.3 Å². The molecule has 7 nitrogen and oxygen atoms in total. The van der Waals surface area contributed by atoms with Gasteiger partial charge in [-0.25, -0.2) is 9.97 Å². The molecule has 3 rings (SSSR count). The summed E-state index contributed by atoms with van der Waals surface area (Å²) >= 11 is 0. The molecule has 0 saturated carbocycles. The number of para-hydroxylation sites is 2. The zero-order valence-electron chi connectivity index (χ0n) is 11.3. The number of nitrogens with zero attached hydrogens (tertiary/aromatic N) is 3. The Bertz CT molecular complexity index is 766. The molecule has 1 aromatic carbocycles. The maximum atomic E-state index is 11.8. The van der Waals surface area contributed by atoms with Gasteiger partial charge in [-0.15, -0.1) is 0 Å². The van der Waals surface area contributed by atoms with Crippen LogP contribution >= 0.6 is 0 Å². The van der Waals surface area contributed by atoms with E-state index < -0.39 is 11.8 Å². The van der Waals surface area contributed by atoms with E-state index in [2.05, 4.69) is 19.9 Å². The van der Waals surface area contributed by atoms with Crippen molar-refractivity contribution in [3.05, 3.63) is 48.2 Å². The number of primary amides is 1. The predicted octanol–water partition coefficient (Wildman–Crippen LogP) is 0.979. The third kappa shape index (κ3) is 2.40. The summed E-state index contributed by atoms with van der Waals surface area (Å²) in [5.41, 5.74) is 7.07. The van der Waals surface area contributed by atoms with Crippen LogP contribution in [0.15, 0.2) is 36.5 Å². The minimum Gasteiger partial charge on any atom is -0.481 e. The number of amides is 1. The van der Waals surface area contributed by atoms with Crippen LogP contribution in [-0.4, -0.2) is 33.0 Å². The van der Waals surface area contributed by atoms with E-state index >= 15 is 0 Å². The molecular formula is C14H13N5O2. The van der Waals surface area contributed by atoms with Gasteiger partial charge < -0.3 is 15.5 Å². The van der Waals surface area contributed by atoms with Crippen LogP contribution in [0.3, 0.4) is 0 Å². The summed E-state index contributed by atoms with van der Waals surface area (Å²) in [6, 6.07) is 9.07. The highest BCUT2D eigenvalue weighted by Gasteiger charge is 2.27. The van der Waals surface area contributed by atoms with E-state index in [1.807, 2.05) is 24.3 Å². The number of rotatable bonds is 4. The smallest absolute Gasteiger partial charge is 0.235 e. The van der Waals surface area contributed by atoms with Crippen LogP contribution in [0.1, 0.15) is 17.6 Å². The number of ether oxygens (including phenoxy) is 1. The summed E-state index contributed by atoms with van der Waals surface area (Å²) in [4.78, 5) is 27.6. The monoisotopic (exact) mass is 283 g/mol. The van der Waals surface area contributed by atoms with Crippen molar-refractivity contribution >= 4 is 16.9 Å². The topological polar surface area (TPSA) is 107 Å². The standard InChI is InChI=1S/C14H13N5O2/c1-21-10-6-7-16-13(19-10)11(12(15)20)14-17-8-4-2-3-5-9(8)18-14/h2-7,11H,1H3,(H2,15,20)(H,17,18). The summed E-state index contributed by atoms with van der Waals surface area (Å²) in [6.07, 6.45) is 1.51. The highest BCUT2D eigenvalue weighted by molar-refractivity contribution is 5.85. The van der Waals surface area contributed by atoms with Gasteiger partial charge in [0.05, 0.1) is 18.1 Å². The largest absolute Gasteiger partial charge is 0.481 e. The average molecular weight is 283 g/mol. The average Bonchev–Trinajstić information content (AvgIpc) is 2.90. The molecule has 0 saturated heterocycles. The van der Waals surface area contributed by atoms with Crippen molar-refractivity contribution in [2.24, 2.45) is 5.73 Å². The fourth-order valence-electron chi connectivity index (χ4n) is 2.10. The highest BCUT2D eigenvalue weighted by atomic mass is 16.5. The molecule has 106 valence electrons. The predicted molar refractivity (Wildman–Crippen MR) is 75.7 cm³/mol. The fourth-order valence-corrected chi connectivity index (χ4v) is 2.10. The van der Waals surface area contributed by atoms with E-state index in [1.54, 1.807) is 6.07 Å². The molecule has 0 spiro atoms. The van der Waals surface area contributed by atoms with Crippen LogP contribution in [0, 0.1) is 0 Å². The van der Waals surface area contributed by atoms with Crippen molar-refractivity contribution in [2.45, 2.75) is 5.92 Å². The van der Waals surface area contributed by atoms with Crippen LogP contribution in [-0.2, 0) is 4.79 Å². The first-order chi connectivity index (χ1) is 10.2. The molecule has 3 aromatic rings. The summed E-state index contributed by atoms with van der Waals surface area (Å²) in [7, 11) is 1.49. The minimum atomic E-state index is -0.854. The van der Waals surface area contributed by atoms with Crippen molar-refractivity contribution in [2.75, 3.05) is 7.11 Å². The van der Waals surface area contributed by atoms with E-state index in [4.69, 9.17) is 10.5 Å². The molecule has 1 unspecified atom stereocenters. The minimum absolute atomic E-state index is 0.251. The lowest BCUT2D eigenvalue weighted by molar-refractivity contribution is -0.118. The van der Waals surface area contributed by atoms with Gasteiger partial charge in [0.1, 0.15) is 5.82 Å². The Labute approximate surface area is 120 Å². The summed E-state index contributed by atoms with van der Waals surface area (Å²) < 4.78 is 5.05. The van der Waals surface area contributed by atoms with Gasteiger partial charge in [-0.05, 0) is 12.1 Å². The molecule has 0 aliphatic heterocycles. The van der Waals surface area contributed by atoms with Crippen LogP contribution in [0.4, 0.5) is 0 Å². The Balaban J connectivity index is 2.10. The number of methoxy groups -OCH3 is 1. The second kappa shape index (κ2) is 5.20. The third-order valence-electron chi connectivity index (χ3n) is 3.08. The van der Waals surface area contributed by atoms with Crippen LogP contribution in [0.2, 0.25) is 0 Å². The van der Waals surface area contributed by atoms with Gasteiger partial charge in [-0.3, -0.25) is 4.79 Å². The quantitative estimate of drug-likeness (QED) is 0.742. The highest BCUT2D eigenvalue weighted by Crippen LogP contribution is 2.23. The number of aromatic nitrogens is 4. The SMILES string of the molecule is COc1ccnc(C(C(N)=O)c2nc3ccccc3[nH]2)n1. The number of aromatic amines is 1. The molecule has 1 amide bonds. The number of fused-ring (bicyclic) bond motifs is 1. The fraction of sp³-hybridized carbons (Fsp3) is 0.143. The third-order valence-corrected chi connectivity index (χ3v) is 3.08. The van der Waals surface area contributed by atoms with Gasteiger partial charge >= 0.3 is 0 Å². The van der Waals surface area contributed by atoms with Crippen molar-refractivity contribution in [3.63, 3.8) is 0 Å². The van der Waals surface area contributed by atoms with E-state index in [0.717, 1.165) is 11.0 Å². The van der Waals surface area contributed by atoms with Gasteiger partial charge in [0.15, 0.2) is 11.7 Å². The molecule has 0 bridgehead atoms. The molecule has 0 radical (unpaired) electrons. The zero-order valence-corrected chi connectivity index (χ0v) is 11.3. The molecule has 21 heavy (non-hydrogen) atoms. The number of H-pyrrole nitrogens is 1. The van der Waals surface area contributed by atoms with Crippen LogP contribution in [0.25, 0.3) is 11.0 Å². The van der Waals surface area contributed by atoms with Gasteiger partial charge in [-0.1, -0.05) is 12.1 Å². The van der Waals surface area contributed by atoms with E-state index in [9.17, 15) is 4.79 Å². The number of carbonyl (C=O) groups excluding carboxylic acids is 1. The first kappa shape index (κ1) is 13.0. The molecule has 0 aliphatic carbocycles. The normalized spacial score (nSPS) is 12.2. The Kier molecular flexibility index (Phi) is 3.23. The molecule has 2 aromatic heterocycles. The van der Waals surface area contributed by atoms with Crippen LogP contribution in [0.5, 0.6) is 5.88 Å². The number of nitrogens with two attached hydrogens (primary N) is 1. The zero-order chi connectivity index (χ0) is 14.8. The molecular weight excluding hydrogens is 270 g/mol. The second-order valence-corrected chi connectivity index (χ2v) is 4.43. The number of hydrogen-bond acceptors (Lipinski definition) is 5. The number of hydrogen-bond donors (Lipinski definition) is 2. The van der Waals surface area contributed by atoms with Gasteiger partial charge in [0.25, 0.3) is 0 Å². The summed E-state index contributed by atoms with van der Waals surface area (Å²) in [5, 5.41) is 0. The summed E-state index contributed by atoms with van der Waals surface area (Å²) in [6.45, 7) is 0. The maximum Gasteiger partial charge on any atom is 0.235 e. The maximum absolute atomic E-state index is 11.8. The lowest BCUT2D eigenvalue weighted by Crippen LogP contribution is -2.25. The first-order valence-electron chi connectivity index (χ1n) is 6.30. The molecule has 3 N–H and O–H groups in total. The first-order valence-corrected chi connectivity index (χ1v) is 6.30. The second-order valence-electron chi connectivity index (χ2n) is 4.43. The van der Waals surface area contributed by atoms with E-state index in [-0.39, 0.29) is 5.82 Å².